The standard InChI is InChI=1S/C15H26N2O/c16-15(7-3-4-8-15)13(18)17-11-9-14(10-12-17)5-1-2-6-14/h1-12,16H2. The summed E-state index contributed by atoms with van der Waals surface area (Å²) >= 11 is 0. The van der Waals surface area contributed by atoms with Crippen LogP contribution in [0.25, 0.3) is 0 Å². The lowest BCUT2D eigenvalue weighted by Crippen LogP contribution is -2.56. The van der Waals surface area contributed by atoms with Crippen LogP contribution in [0.15, 0.2) is 0 Å². The molecule has 3 nitrogen and oxygen atoms in total. The molecule has 18 heavy (non-hydrogen) atoms. The monoisotopic (exact) mass is 250 g/mol. The van der Waals surface area contributed by atoms with Crippen molar-refractivity contribution in [2.45, 2.75) is 69.7 Å². The van der Waals surface area contributed by atoms with E-state index in [4.69, 9.17) is 5.73 Å². The molecular formula is C15H26N2O. The lowest BCUT2D eigenvalue weighted by molar-refractivity contribution is -0.139. The summed E-state index contributed by atoms with van der Waals surface area (Å²) in [6.45, 7) is 1.91. The smallest absolute Gasteiger partial charge is 0.242 e. The van der Waals surface area contributed by atoms with Crippen molar-refractivity contribution in [1.29, 1.82) is 0 Å². The second-order valence-electron chi connectivity index (χ2n) is 6.86. The van der Waals surface area contributed by atoms with Crippen molar-refractivity contribution in [3.8, 4) is 0 Å². The Hall–Kier alpha value is -0.570. The zero-order valence-corrected chi connectivity index (χ0v) is 11.4. The second-order valence-corrected chi connectivity index (χ2v) is 6.86. The van der Waals surface area contributed by atoms with Gasteiger partial charge in [-0.1, -0.05) is 25.7 Å². The van der Waals surface area contributed by atoms with Crippen LogP contribution in [0.4, 0.5) is 0 Å². The fourth-order valence-electron chi connectivity index (χ4n) is 4.34. The van der Waals surface area contributed by atoms with Crippen molar-refractivity contribution in [2.24, 2.45) is 11.1 Å². The van der Waals surface area contributed by atoms with E-state index in [-0.39, 0.29) is 5.91 Å². The quantitative estimate of drug-likeness (QED) is 0.777. The third-order valence-electron chi connectivity index (χ3n) is 5.70. The minimum absolute atomic E-state index is 0.243. The molecule has 0 aromatic rings. The lowest BCUT2D eigenvalue weighted by atomic mass is 9.76. The second kappa shape index (κ2) is 4.52. The summed E-state index contributed by atoms with van der Waals surface area (Å²) in [5.41, 5.74) is 6.36. The van der Waals surface area contributed by atoms with E-state index in [1.165, 1.54) is 38.5 Å². The molecule has 2 aliphatic carbocycles. The van der Waals surface area contributed by atoms with Crippen LogP contribution in [0.3, 0.4) is 0 Å². The summed E-state index contributed by atoms with van der Waals surface area (Å²) in [6.07, 6.45) is 12.1. The molecule has 1 saturated heterocycles. The number of rotatable bonds is 1. The van der Waals surface area contributed by atoms with Crippen molar-refractivity contribution in [1.82, 2.24) is 4.90 Å². The Morgan fingerprint density at radius 1 is 0.833 bits per heavy atom. The predicted molar refractivity (Wildman–Crippen MR) is 72.1 cm³/mol. The molecule has 3 fully saturated rings. The summed E-state index contributed by atoms with van der Waals surface area (Å²) in [5, 5.41) is 0. The third kappa shape index (κ3) is 2.07. The van der Waals surface area contributed by atoms with Gasteiger partial charge >= 0.3 is 0 Å². The van der Waals surface area contributed by atoms with Crippen LogP contribution in [0, 0.1) is 5.41 Å². The number of likely N-dealkylation sites (tertiary alicyclic amines) is 1. The topological polar surface area (TPSA) is 46.3 Å². The molecule has 2 saturated carbocycles. The molecular weight excluding hydrogens is 224 g/mol. The average molecular weight is 250 g/mol. The van der Waals surface area contributed by atoms with E-state index in [0.717, 1.165) is 38.8 Å². The Morgan fingerprint density at radius 2 is 1.33 bits per heavy atom. The summed E-state index contributed by atoms with van der Waals surface area (Å²) in [7, 11) is 0. The Labute approximate surface area is 110 Å². The SMILES string of the molecule is NC1(C(=O)N2CCC3(CCCC3)CC2)CCCC1. The van der Waals surface area contributed by atoms with E-state index in [1.54, 1.807) is 0 Å². The highest BCUT2D eigenvalue weighted by atomic mass is 16.2. The molecule has 0 unspecified atom stereocenters. The summed E-state index contributed by atoms with van der Waals surface area (Å²) in [5.74, 6) is 0.243. The van der Waals surface area contributed by atoms with Crippen LogP contribution in [0.5, 0.6) is 0 Å². The number of carbonyl (C=O) groups is 1. The molecule has 1 amide bonds. The van der Waals surface area contributed by atoms with Gasteiger partial charge in [-0.3, -0.25) is 4.79 Å². The van der Waals surface area contributed by atoms with Gasteiger partial charge in [-0.15, -0.1) is 0 Å². The van der Waals surface area contributed by atoms with Gasteiger partial charge in [0.05, 0.1) is 5.54 Å². The highest BCUT2D eigenvalue weighted by molar-refractivity contribution is 5.86. The maximum atomic E-state index is 12.5. The number of nitrogens with two attached hydrogens (primary N) is 1. The van der Waals surface area contributed by atoms with Crippen LogP contribution in [-0.2, 0) is 4.79 Å². The van der Waals surface area contributed by atoms with Crippen LogP contribution in [0.1, 0.15) is 64.2 Å². The molecule has 2 N–H and O–H groups in total. The summed E-state index contributed by atoms with van der Waals surface area (Å²) in [6, 6.07) is 0. The Bertz CT molecular complexity index is 317. The highest BCUT2D eigenvalue weighted by Crippen LogP contribution is 2.46. The molecule has 3 rings (SSSR count). The van der Waals surface area contributed by atoms with Gasteiger partial charge < -0.3 is 10.6 Å². The Balaban J connectivity index is 1.60. The largest absolute Gasteiger partial charge is 0.341 e. The number of amides is 1. The number of piperidine rings is 1. The van der Waals surface area contributed by atoms with Gasteiger partial charge in [0.15, 0.2) is 0 Å². The molecule has 1 heterocycles. The minimum Gasteiger partial charge on any atom is -0.341 e. The predicted octanol–water partition coefficient (Wildman–Crippen LogP) is 2.44. The highest BCUT2D eigenvalue weighted by Gasteiger charge is 2.43. The number of hydrogen-bond acceptors (Lipinski definition) is 2. The maximum Gasteiger partial charge on any atom is 0.242 e. The number of nitrogens with zero attached hydrogens (tertiary/aromatic N) is 1. The maximum absolute atomic E-state index is 12.5. The third-order valence-corrected chi connectivity index (χ3v) is 5.70. The van der Waals surface area contributed by atoms with Crippen molar-refractivity contribution < 1.29 is 4.79 Å². The molecule has 0 bridgehead atoms. The first-order chi connectivity index (χ1) is 8.64. The van der Waals surface area contributed by atoms with Gasteiger partial charge in [0.1, 0.15) is 0 Å². The molecule has 0 aromatic heterocycles. The molecule has 102 valence electrons. The summed E-state index contributed by atoms with van der Waals surface area (Å²) in [4.78, 5) is 14.6. The van der Waals surface area contributed by atoms with Crippen LogP contribution in [0.2, 0.25) is 0 Å². The van der Waals surface area contributed by atoms with Crippen molar-refractivity contribution >= 4 is 5.91 Å². The van der Waals surface area contributed by atoms with Gasteiger partial charge in [0.2, 0.25) is 5.91 Å². The zero-order chi connectivity index (χ0) is 12.6. The van der Waals surface area contributed by atoms with Crippen LogP contribution < -0.4 is 5.73 Å². The first kappa shape index (κ1) is 12.5. The fourth-order valence-corrected chi connectivity index (χ4v) is 4.34. The molecule has 3 heteroatoms. The molecule has 1 spiro atoms. The van der Waals surface area contributed by atoms with E-state index in [0.29, 0.717) is 5.41 Å². The van der Waals surface area contributed by atoms with Gasteiger partial charge in [0, 0.05) is 13.1 Å². The van der Waals surface area contributed by atoms with Crippen molar-refractivity contribution in [3.63, 3.8) is 0 Å². The molecule has 0 aromatic carbocycles. The van der Waals surface area contributed by atoms with Crippen LogP contribution in [-0.4, -0.2) is 29.4 Å². The van der Waals surface area contributed by atoms with E-state index >= 15 is 0 Å². The van der Waals surface area contributed by atoms with Gasteiger partial charge in [-0.2, -0.15) is 0 Å². The number of hydrogen-bond donors (Lipinski definition) is 1. The van der Waals surface area contributed by atoms with Gasteiger partial charge in [-0.25, -0.2) is 0 Å². The molecule has 3 aliphatic rings. The lowest BCUT2D eigenvalue weighted by Gasteiger charge is -2.42. The van der Waals surface area contributed by atoms with Crippen LogP contribution >= 0.6 is 0 Å². The van der Waals surface area contributed by atoms with E-state index in [9.17, 15) is 4.79 Å². The molecule has 0 atom stereocenters. The average Bonchev–Trinajstić information content (AvgIpc) is 3.01. The number of carbonyl (C=O) groups excluding carboxylic acids is 1. The Kier molecular flexibility index (Phi) is 3.13. The van der Waals surface area contributed by atoms with E-state index in [1.807, 2.05) is 0 Å². The van der Waals surface area contributed by atoms with E-state index in [2.05, 4.69) is 4.90 Å². The zero-order valence-electron chi connectivity index (χ0n) is 11.4. The van der Waals surface area contributed by atoms with Gasteiger partial charge in [0.25, 0.3) is 0 Å². The molecule has 0 radical (unpaired) electrons. The van der Waals surface area contributed by atoms with E-state index < -0.39 is 5.54 Å². The van der Waals surface area contributed by atoms with Crippen molar-refractivity contribution in [2.75, 3.05) is 13.1 Å². The van der Waals surface area contributed by atoms with Crippen molar-refractivity contribution in [3.05, 3.63) is 0 Å². The first-order valence-corrected chi connectivity index (χ1v) is 7.72. The summed E-state index contributed by atoms with van der Waals surface area (Å²) < 4.78 is 0. The Morgan fingerprint density at radius 3 is 1.89 bits per heavy atom. The normalized spacial score (nSPS) is 29.9. The van der Waals surface area contributed by atoms with Gasteiger partial charge in [-0.05, 0) is 43.9 Å². The minimum atomic E-state index is -0.514. The molecule has 1 aliphatic heterocycles. The first-order valence-electron chi connectivity index (χ1n) is 7.72. The fraction of sp³-hybridized carbons (Fsp3) is 0.933.